The summed E-state index contributed by atoms with van der Waals surface area (Å²) in [5.41, 5.74) is 1.48. The maximum Gasteiger partial charge on any atom is 0.0793 e. The van der Waals surface area contributed by atoms with Gasteiger partial charge in [0.05, 0.1) is 6.10 Å². The summed E-state index contributed by atoms with van der Waals surface area (Å²) in [6, 6.07) is 10.9. The first-order valence-electron chi connectivity index (χ1n) is 10.4. The molecule has 1 N–H and O–H groups in total. The van der Waals surface area contributed by atoms with Crippen molar-refractivity contribution in [1.29, 1.82) is 0 Å². The van der Waals surface area contributed by atoms with Gasteiger partial charge in [0.1, 0.15) is 0 Å². The second-order valence-electron chi connectivity index (χ2n) is 7.65. The van der Waals surface area contributed by atoms with Gasteiger partial charge in [-0.05, 0) is 63.3 Å². The van der Waals surface area contributed by atoms with E-state index >= 15 is 0 Å². The Hall–Kier alpha value is -0.320. The van der Waals surface area contributed by atoms with Gasteiger partial charge in [0, 0.05) is 13.1 Å². The van der Waals surface area contributed by atoms with E-state index in [-0.39, 0.29) is 30.9 Å². The summed E-state index contributed by atoms with van der Waals surface area (Å²) in [5, 5.41) is 10.6. The van der Waals surface area contributed by atoms with Crippen molar-refractivity contribution in [2.24, 2.45) is 0 Å². The molecule has 0 bridgehead atoms. The molecule has 158 valence electrons. The molecular formula is C22H40Cl2N2O. The van der Waals surface area contributed by atoms with E-state index in [4.69, 9.17) is 0 Å². The van der Waals surface area contributed by atoms with Crippen LogP contribution in [0.1, 0.15) is 63.9 Å². The molecule has 0 aliphatic carbocycles. The highest BCUT2D eigenvalue weighted by molar-refractivity contribution is 5.85. The SMILES string of the molecule is CCCCN(CCCC)CC(O)CN1CCC(c2ccccc2)CC1.Cl.Cl. The number of rotatable bonds is 11. The third kappa shape index (κ3) is 10.1. The minimum absolute atomic E-state index is 0. The average molecular weight is 419 g/mol. The molecule has 1 saturated heterocycles. The van der Waals surface area contributed by atoms with Crippen molar-refractivity contribution >= 4 is 24.8 Å². The van der Waals surface area contributed by atoms with Crippen LogP contribution in [0.4, 0.5) is 0 Å². The summed E-state index contributed by atoms with van der Waals surface area (Å²) in [6.07, 6.45) is 7.13. The zero-order chi connectivity index (χ0) is 17.9. The molecule has 1 unspecified atom stereocenters. The van der Waals surface area contributed by atoms with Crippen molar-refractivity contribution in [2.75, 3.05) is 39.3 Å². The number of benzene rings is 1. The van der Waals surface area contributed by atoms with Gasteiger partial charge < -0.3 is 14.9 Å². The quantitative estimate of drug-likeness (QED) is 0.549. The standard InChI is InChI=1S/C22H38N2O.2ClH/c1-3-5-14-23(15-6-4-2)18-22(25)19-24-16-12-21(13-17-24)20-10-8-7-9-11-20;;/h7-11,21-22,25H,3-6,12-19H2,1-2H3;2*1H. The normalized spacial score (nSPS) is 16.6. The molecule has 5 heteroatoms. The lowest BCUT2D eigenvalue weighted by atomic mass is 9.89. The Morgan fingerprint density at radius 1 is 1.00 bits per heavy atom. The van der Waals surface area contributed by atoms with Gasteiger partial charge in [0.2, 0.25) is 0 Å². The molecule has 3 nitrogen and oxygen atoms in total. The average Bonchev–Trinajstić information content (AvgIpc) is 2.65. The predicted octanol–water partition coefficient (Wildman–Crippen LogP) is 4.97. The first kappa shape index (κ1) is 26.7. The number of hydrogen-bond donors (Lipinski definition) is 1. The van der Waals surface area contributed by atoms with E-state index in [0.717, 1.165) is 39.3 Å². The summed E-state index contributed by atoms with van der Waals surface area (Å²) < 4.78 is 0. The van der Waals surface area contributed by atoms with Crippen molar-refractivity contribution in [3.63, 3.8) is 0 Å². The maximum absolute atomic E-state index is 10.6. The minimum atomic E-state index is -0.220. The molecule has 1 aromatic carbocycles. The zero-order valence-corrected chi connectivity index (χ0v) is 18.8. The Balaban J connectivity index is 0.00000338. The Morgan fingerprint density at radius 3 is 2.07 bits per heavy atom. The number of aliphatic hydroxyl groups excluding tert-OH is 1. The molecule has 2 rings (SSSR count). The molecule has 1 aromatic rings. The molecule has 0 spiro atoms. The number of hydrogen-bond acceptors (Lipinski definition) is 3. The van der Waals surface area contributed by atoms with Crippen LogP contribution >= 0.6 is 24.8 Å². The summed E-state index contributed by atoms with van der Waals surface area (Å²) in [4.78, 5) is 4.93. The van der Waals surface area contributed by atoms with E-state index in [1.165, 1.54) is 44.1 Å². The van der Waals surface area contributed by atoms with Gasteiger partial charge in [-0.25, -0.2) is 0 Å². The Kier molecular flexibility index (Phi) is 15.4. The van der Waals surface area contributed by atoms with Crippen molar-refractivity contribution < 1.29 is 5.11 Å². The number of aliphatic hydroxyl groups is 1. The lowest BCUT2D eigenvalue weighted by Gasteiger charge is -2.34. The van der Waals surface area contributed by atoms with E-state index in [1.807, 2.05) is 0 Å². The van der Waals surface area contributed by atoms with Gasteiger partial charge in [0.15, 0.2) is 0 Å². The molecule has 1 atom stereocenters. The molecule has 1 aliphatic rings. The number of piperidine rings is 1. The van der Waals surface area contributed by atoms with Crippen molar-refractivity contribution in [3.8, 4) is 0 Å². The van der Waals surface area contributed by atoms with Gasteiger partial charge in [-0.15, -0.1) is 24.8 Å². The largest absolute Gasteiger partial charge is 0.390 e. The first-order chi connectivity index (χ1) is 12.2. The fourth-order valence-corrected chi connectivity index (χ4v) is 3.89. The zero-order valence-electron chi connectivity index (χ0n) is 17.2. The van der Waals surface area contributed by atoms with Crippen LogP contribution in [0.3, 0.4) is 0 Å². The van der Waals surface area contributed by atoms with Gasteiger partial charge in [-0.2, -0.15) is 0 Å². The summed E-state index contributed by atoms with van der Waals surface area (Å²) in [6.45, 7) is 10.6. The van der Waals surface area contributed by atoms with Crippen molar-refractivity contribution in [1.82, 2.24) is 9.80 Å². The maximum atomic E-state index is 10.6. The Bertz CT molecular complexity index is 445. The van der Waals surface area contributed by atoms with Gasteiger partial charge in [-0.1, -0.05) is 57.0 Å². The van der Waals surface area contributed by atoms with Crippen LogP contribution in [0.25, 0.3) is 0 Å². The minimum Gasteiger partial charge on any atom is -0.390 e. The summed E-state index contributed by atoms with van der Waals surface area (Å²) in [7, 11) is 0. The predicted molar refractivity (Wildman–Crippen MR) is 122 cm³/mol. The lowest BCUT2D eigenvalue weighted by molar-refractivity contribution is 0.0636. The van der Waals surface area contributed by atoms with Crippen LogP contribution < -0.4 is 0 Å². The summed E-state index contributed by atoms with van der Waals surface area (Å²) >= 11 is 0. The van der Waals surface area contributed by atoms with E-state index in [9.17, 15) is 5.11 Å². The second-order valence-corrected chi connectivity index (χ2v) is 7.65. The van der Waals surface area contributed by atoms with Crippen molar-refractivity contribution in [3.05, 3.63) is 35.9 Å². The highest BCUT2D eigenvalue weighted by atomic mass is 35.5. The molecule has 27 heavy (non-hydrogen) atoms. The van der Waals surface area contributed by atoms with Gasteiger partial charge in [0.25, 0.3) is 0 Å². The van der Waals surface area contributed by atoms with E-state index in [2.05, 4.69) is 54.0 Å². The number of nitrogens with zero attached hydrogens (tertiary/aromatic N) is 2. The van der Waals surface area contributed by atoms with Crippen LogP contribution in [0.2, 0.25) is 0 Å². The number of unbranched alkanes of at least 4 members (excludes halogenated alkanes) is 2. The number of halogens is 2. The smallest absolute Gasteiger partial charge is 0.0793 e. The van der Waals surface area contributed by atoms with Crippen LogP contribution in [0.15, 0.2) is 30.3 Å². The third-order valence-corrected chi connectivity index (χ3v) is 5.45. The van der Waals surface area contributed by atoms with Gasteiger partial charge >= 0.3 is 0 Å². The highest BCUT2D eigenvalue weighted by Crippen LogP contribution is 2.27. The fourth-order valence-electron chi connectivity index (χ4n) is 3.89. The lowest BCUT2D eigenvalue weighted by Crippen LogP contribution is -2.43. The topological polar surface area (TPSA) is 26.7 Å². The van der Waals surface area contributed by atoms with Crippen molar-refractivity contribution in [2.45, 2.75) is 64.4 Å². The highest BCUT2D eigenvalue weighted by Gasteiger charge is 2.22. The molecule has 0 saturated carbocycles. The molecule has 0 radical (unpaired) electrons. The van der Waals surface area contributed by atoms with Crippen LogP contribution in [0, 0.1) is 0 Å². The van der Waals surface area contributed by atoms with E-state index in [0.29, 0.717) is 5.92 Å². The van der Waals surface area contributed by atoms with Crippen LogP contribution in [-0.4, -0.2) is 60.3 Å². The third-order valence-electron chi connectivity index (χ3n) is 5.45. The molecule has 1 heterocycles. The number of β-amino-alcohol motifs (C(OH)–C–C–N with tert-alkyl or cyclic N) is 1. The number of likely N-dealkylation sites (tertiary alicyclic amines) is 1. The summed E-state index contributed by atoms with van der Waals surface area (Å²) in [5.74, 6) is 0.695. The molecule has 1 aliphatic heterocycles. The molecular weight excluding hydrogens is 379 g/mol. The second kappa shape index (κ2) is 15.6. The molecule has 0 amide bonds. The molecule has 1 fully saturated rings. The van der Waals surface area contributed by atoms with E-state index < -0.39 is 0 Å². The van der Waals surface area contributed by atoms with Crippen LogP contribution in [-0.2, 0) is 0 Å². The Labute approximate surface area is 179 Å². The first-order valence-corrected chi connectivity index (χ1v) is 10.4. The monoisotopic (exact) mass is 418 g/mol. The Morgan fingerprint density at radius 2 is 1.56 bits per heavy atom. The van der Waals surface area contributed by atoms with E-state index in [1.54, 1.807) is 0 Å². The fraction of sp³-hybridized carbons (Fsp3) is 0.727. The van der Waals surface area contributed by atoms with Gasteiger partial charge in [-0.3, -0.25) is 0 Å². The van der Waals surface area contributed by atoms with Crippen LogP contribution in [0.5, 0.6) is 0 Å². The molecule has 0 aromatic heterocycles.